The van der Waals surface area contributed by atoms with Crippen LogP contribution in [0.4, 0.5) is 5.69 Å². The number of rotatable bonds is 1. The smallest absolute Gasteiger partial charge is 0.335 e. The second kappa shape index (κ2) is 5.09. The Bertz CT molecular complexity index is 880. The molecule has 4 aliphatic rings. The molecular formula is C21H22N2O2. The van der Waals surface area contributed by atoms with E-state index in [4.69, 9.17) is 4.74 Å². The summed E-state index contributed by atoms with van der Waals surface area (Å²) < 4.78 is 5.16. The first kappa shape index (κ1) is 15.0. The van der Waals surface area contributed by atoms with Crippen molar-refractivity contribution in [2.45, 2.75) is 31.2 Å². The third-order valence-electron chi connectivity index (χ3n) is 6.38. The first-order chi connectivity index (χ1) is 12.2. The number of methoxy groups -OCH3 is 1. The molecule has 128 valence electrons. The number of anilines is 1. The van der Waals surface area contributed by atoms with E-state index in [1.165, 1.54) is 23.8 Å². The summed E-state index contributed by atoms with van der Waals surface area (Å²) in [5.41, 5.74) is 6.84. The molecule has 1 aromatic carbocycles. The molecule has 1 fully saturated rings. The molecule has 1 aliphatic carbocycles. The highest BCUT2D eigenvalue weighted by molar-refractivity contribution is 5.94. The van der Waals surface area contributed by atoms with E-state index in [1.54, 1.807) is 0 Å². The molecule has 4 heteroatoms. The van der Waals surface area contributed by atoms with Crippen molar-refractivity contribution in [2.75, 3.05) is 25.5 Å². The molecule has 0 amide bonds. The first-order valence-corrected chi connectivity index (χ1v) is 8.95. The van der Waals surface area contributed by atoms with Gasteiger partial charge >= 0.3 is 5.97 Å². The molecule has 1 spiro atoms. The van der Waals surface area contributed by atoms with Crippen molar-refractivity contribution >= 4 is 11.7 Å². The maximum atomic E-state index is 12.6. The van der Waals surface area contributed by atoms with Gasteiger partial charge in [-0.1, -0.05) is 35.9 Å². The minimum absolute atomic E-state index is 0.152. The van der Waals surface area contributed by atoms with E-state index in [2.05, 4.69) is 53.6 Å². The molecule has 0 saturated carbocycles. The van der Waals surface area contributed by atoms with E-state index in [0.29, 0.717) is 12.5 Å². The number of benzene rings is 1. The standard InChI is InChI=1S/C21H22N2O2/c1-13-6-5-10-23-11-9-21-16-7-3-4-8-17(16)22-18(21)15(20(24)25-2)12-14(13)19(21)23/h3-8,19,22H,9-12H2,1-2H3/t19-,21-/m0/s1. The molecule has 25 heavy (non-hydrogen) atoms. The van der Waals surface area contributed by atoms with Crippen LogP contribution in [-0.4, -0.2) is 37.1 Å². The van der Waals surface area contributed by atoms with Gasteiger partial charge in [0.15, 0.2) is 0 Å². The van der Waals surface area contributed by atoms with Crippen LogP contribution in [-0.2, 0) is 14.9 Å². The Morgan fingerprint density at radius 3 is 3.04 bits per heavy atom. The monoisotopic (exact) mass is 334 g/mol. The molecule has 3 heterocycles. The van der Waals surface area contributed by atoms with Crippen molar-refractivity contribution in [1.82, 2.24) is 4.90 Å². The van der Waals surface area contributed by atoms with Gasteiger partial charge < -0.3 is 10.1 Å². The van der Waals surface area contributed by atoms with Crippen LogP contribution >= 0.6 is 0 Å². The molecule has 4 nitrogen and oxygen atoms in total. The molecule has 5 rings (SSSR count). The fraction of sp³-hybridized carbons (Fsp3) is 0.381. The van der Waals surface area contributed by atoms with Gasteiger partial charge in [-0.25, -0.2) is 4.79 Å². The Morgan fingerprint density at radius 2 is 2.20 bits per heavy atom. The number of ether oxygens (including phenoxy) is 1. The quantitative estimate of drug-likeness (QED) is 0.801. The topological polar surface area (TPSA) is 41.6 Å². The van der Waals surface area contributed by atoms with Crippen molar-refractivity contribution < 1.29 is 9.53 Å². The first-order valence-electron chi connectivity index (χ1n) is 8.95. The molecule has 3 aliphatic heterocycles. The third-order valence-corrected chi connectivity index (χ3v) is 6.38. The Balaban J connectivity index is 1.84. The average molecular weight is 334 g/mol. The fourth-order valence-corrected chi connectivity index (χ4v) is 5.36. The summed E-state index contributed by atoms with van der Waals surface area (Å²) in [5.74, 6) is -0.208. The second-order valence-electron chi connectivity index (χ2n) is 7.42. The van der Waals surface area contributed by atoms with Crippen LogP contribution in [0.2, 0.25) is 0 Å². The number of hydrogen-bond donors (Lipinski definition) is 1. The number of carbonyl (C=O) groups is 1. The minimum atomic E-state index is -0.208. The predicted octanol–water partition coefficient (Wildman–Crippen LogP) is 3.14. The van der Waals surface area contributed by atoms with E-state index >= 15 is 0 Å². The number of hydrogen-bond acceptors (Lipinski definition) is 4. The summed E-state index contributed by atoms with van der Waals surface area (Å²) in [6, 6.07) is 8.84. The Hall–Kier alpha value is -2.33. The number of carbonyl (C=O) groups excluding carboxylic acids is 1. The fourth-order valence-electron chi connectivity index (χ4n) is 5.36. The molecule has 1 N–H and O–H groups in total. The minimum Gasteiger partial charge on any atom is -0.466 e. The van der Waals surface area contributed by atoms with Crippen LogP contribution in [0, 0.1) is 0 Å². The van der Waals surface area contributed by atoms with Gasteiger partial charge in [0, 0.05) is 36.9 Å². The Kier molecular flexibility index (Phi) is 3.04. The van der Waals surface area contributed by atoms with E-state index in [0.717, 1.165) is 36.5 Å². The number of allylic oxidation sites excluding steroid dienone is 2. The molecule has 1 aromatic rings. The highest BCUT2D eigenvalue weighted by Gasteiger charge is 2.59. The van der Waals surface area contributed by atoms with E-state index in [-0.39, 0.29) is 11.4 Å². The third kappa shape index (κ3) is 1.78. The van der Waals surface area contributed by atoms with Gasteiger partial charge in [0.1, 0.15) is 0 Å². The number of fused-ring (bicyclic) bond motifs is 1. The summed E-state index contributed by atoms with van der Waals surface area (Å²) in [6.07, 6.45) is 6.17. The van der Waals surface area contributed by atoms with Crippen molar-refractivity contribution in [3.05, 3.63) is 64.4 Å². The normalized spacial score (nSPS) is 29.8. The van der Waals surface area contributed by atoms with Crippen LogP contribution in [0.1, 0.15) is 25.3 Å². The van der Waals surface area contributed by atoms with Crippen LogP contribution in [0.5, 0.6) is 0 Å². The lowest BCUT2D eigenvalue weighted by atomic mass is 9.65. The molecule has 2 atom stereocenters. The summed E-state index contributed by atoms with van der Waals surface area (Å²) in [6.45, 7) is 4.19. The maximum Gasteiger partial charge on any atom is 0.335 e. The van der Waals surface area contributed by atoms with Gasteiger partial charge in [-0.15, -0.1) is 0 Å². The summed E-state index contributed by atoms with van der Waals surface area (Å²) in [5, 5.41) is 3.60. The zero-order valence-electron chi connectivity index (χ0n) is 14.6. The lowest BCUT2D eigenvalue weighted by molar-refractivity contribution is -0.136. The van der Waals surface area contributed by atoms with Crippen LogP contribution in [0.15, 0.2) is 58.8 Å². The summed E-state index contributed by atoms with van der Waals surface area (Å²) in [4.78, 5) is 15.2. The molecule has 0 unspecified atom stereocenters. The van der Waals surface area contributed by atoms with E-state index < -0.39 is 0 Å². The molecule has 1 saturated heterocycles. The summed E-state index contributed by atoms with van der Waals surface area (Å²) >= 11 is 0. The Morgan fingerprint density at radius 1 is 1.36 bits per heavy atom. The lowest BCUT2D eigenvalue weighted by Crippen LogP contribution is -2.48. The van der Waals surface area contributed by atoms with Crippen molar-refractivity contribution in [3.63, 3.8) is 0 Å². The number of nitrogens with zero attached hydrogens (tertiary/aromatic N) is 1. The van der Waals surface area contributed by atoms with Crippen molar-refractivity contribution in [3.8, 4) is 0 Å². The van der Waals surface area contributed by atoms with Gasteiger partial charge in [0.2, 0.25) is 0 Å². The van der Waals surface area contributed by atoms with E-state index in [9.17, 15) is 4.79 Å². The zero-order valence-corrected chi connectivity index (χ0v) is 14.6. The largest absolute Gasteiger partial charge is 0.466 e. The van der Waals surface area contributed by atoms with Gasteiger partial charge in [-0.2, -0.15) is 0 Å². The second-order valence-corrected chi connectivity index (χ2v) is 7.42. The van der Waals surface area contributed by atoms with E-state index in [1.807, 2.05) is 0 Å². The lowest BCUT2D eigenvalue weighted by Gasteiger charge is -2.42. The molecule has 0 radical (unpaired) electrons. The molecule has 0 bridgehead atoms. The van der Waals surface area contributed by atoms with Gasteiger partial charge in [-0.3, -0.25) is 4.90 Å². The van der Waals surface area contributed by atoms with Gasteiger partial charge in [0.05, 0.1) is 18.1 Å². The molecular weight excluding hydrogens is 312 g/mol. The SMILES string of the molecule is COC(=O)C1=C2Nc3ccccc3[C@@]23CCN2CC=CC(C)=C(C1)[C@H]23. The highest BCUT2D eigenvalue weighted by atomic mass is 16.5. The van der Waals surface area contributed by atoms with Crippen LogP contribution in [0.3, 0.4) is 0 Å². The summed E-state index contributed by atoms with van der Waals surface area (Å²) in [7, 11) is 1.48. The van der Waals surface area contributed by atoms with Gasteiger partial charge in [-0.05, 0) is 30.5 Å². The predicted molar refractivity (Wildman–Crippen MR) is 97.2 cm³/mol. The highest BCUT2D eigenvalue weighted by Crippen LogP contribution is 2.59. The molecule has 0 aromatic heterocycles. The Labute approximate surface area is 147 Å². The van der Waals surface area contributed by atoms with Crippen LogP contribution < -0.4 is 5.32 Å². The zero-order chi connectivity index (χ0) is 17.2. The number of esters is 1. The maximum absolute atomic E-state index is 12.6. The van der Waals surface area contributed by atoms with Crippen molar-refractivity contribution in [1.29, 1.82) is 0 Å². The number of nitrogens with one attached hydrogen (secondary N) is 1. The average Bonchev–Trinajstić information content (AvgIpc) is 3.12. The van der Waals surface area contributed by atoms with Crippen LogP contribution in [0.25, 0.3) is 0 Å². The number of para-hydroxylation sites is 1. The van der Waals surface area contributed by atoms with Crippen molar-refractivity contribution in [2.24, 2.45) is 0 Å². The van der Waals surface area contributed by atoms with Gasteiger partial charge in [0.25, 0.3) is 0 Å².